The molecule has 4 heteroatoms. The molecule has 142 valence electrons. The number of hydrogen-bond acceptors (Lipinski definition) is 3. The number of aliphatic hydroxyl groups is 1. The van der Waals surface area contributed by atoms with Crippen molar-refractivity contribution < 1.29 is 9.90 Å². The summed E-state index contributed by atoms with van der Waals surface area (Å²) in [6.45, 7) is 10.1. The van der Waals surface area contributed by atoms with Gasteiger partial charge in [0.25, 0.3) is 0 Å². The lowest BCUT2D eigenvalue weighted by molar-refractivity contribution is -0.121. The number of unbranched alkanes of at least 4 members (excludes halogenated alkanes) is 8. The third-order valence-corrected chi connectivity index (χ3v) is 4.39. The van der Waals surface area contributed by atoms with Gasteiger partial charge in [-0.3, -0.25) is 4.79 Å². The number of amides is 1. The van der Waals surface area contributed by atoms with Crippen molar-refractivity contribution >= 4 is 5.91 Å². The van der Waals surface area contributed by atoms with Crippen LogP contribution in [0.4, 0.5) is 0 Å². The number of likely N-dealkylation sites (N-methyl/N-ethyl adjacent to an activating group) is 1. The molecule has 0 atom stereocenters. The van der Waals surface area contributed by atoms with E-state index in [1.54, 1.807) is 0 Å². The molecule has 0 aromatic carbocycles. The molecule has 1 amide bonds. The van der Waals surface area contributed by atoms with Crippen molar-refractivity contribution in [3.63, 3.8) is 0 Å². The van der Waals surface area contributed by atoms with E-state index >= 15 is 0 Å². The summed E-state index contributed by atoms with van der Waals surface area (Å²) >= 11 is 0. The zero-order valence-corrected chi connectivity index (χ0v) is 15.9. The van der Waals surface area contributed by atoms with Crippen LogP contribution in [0.2, 0.25) is 0 Å². The Balaban J connectivity index is 3.48. The van der Waals surface area contributed by atoms with E-state index in [0.717, 1.165) is 58.3 Å². The summed E-state index contributed by atoms with van der Waals surface area (Å²) in [6.07, 6.45) is 14.0. The Labute approximate surface area is 149 Å². The van der Waals surface area contributed by atoms with E-state index in [1.807, 2.05) is 6.08 Å². The molecule has 0 heterocycles. The van der Waals surface area contributed by atoms with Gasteiger partial charge in [0.05, 0.1) is 0 Å². The van der Waals surface area contributed by atoms with Crippen molar-refractivity contribution in [2.24, 2.45) is 0 Å². The predicted molar refractivity (Wildman–Crippen MR) is 103 cm³/mol. The molecule has 0 rings (SSSR count). The number of nitrogens with zero attached hydrogens (tertiary/aromatic N) is 1. The minimum atomic E-state index is 0.179. The minimum absolute atomic E-state index is 0.179. The second kappa shape index (κ2) is 18.5. The van der Waals surface area contributed by atoms with Gasteiger partial charge in [0, 0.05) is 26.1 Å². The van der Waals surface area contributed by atoms with Gasteiger partial charge in [-0.15, -0.1) is 6.58 Å². The van der Waals surface area contributed by atoms with Crippen LogP contribution < -0.4 is 5.32 Å². The fraction of sp³-hybridized carbons (Fsp3) is 0.850. The van der Waals surface area contributed by atoms with Crippen LogP contribution in [0.25, 0.3) is 0 Å². The first kappa shape index (κ1) is 23.1. The largest absolute Gasteiger partial charge is 0.396 e. The zero-order chi connectivity index (χ0) is 17.9. The first-order chi connectivity index (χ1) is 11.7. The maximum absolute atomic E-state index is 11.7. The van der Waals surface area contributed by atoms with Crippen molar-refractivity contribution in [1.29, 1.82) is 0 Å². The number of carbonyl (C=O) groups excluding carboxylic acids is 1. The maximum Gasteiger partial charge on any atom is 0.220 e. The molecule has 0 saturated carbocycles. The summed E-state index contributed by atoms with van der Waals surface area (Å²) in [4.78, 5) is 14.1. The lowest BCUT2D eigenvalue weighted by Crippen LogP contribution is -2.35. The number of nitrogens with one attached hydrogen (secondary N) is 1. The summed E-state index contributed by atoms with van der Waals surface area (Å²) < 4.78 is 0. The molecular formula is C20H40N2O2. The summed E-state index contributed by atoms with van der Waals surface area (Å²) in [7, 11) is 0. The summed E-state index contributed by atoms with van der Waals surface area (Å²) in [5.41, 5.74) is 0. The van der Waals surface area contributed by atoms with E-state index in [-0.39, 0.29) is 5.91 Å². The summed E-state index contributed by atoms with van der Waals surface area (Å²) in [6, 6.07) is 0. The molecule has 0 bridgehead atoms. The van der Waals surface area contributed by atoms with Crippen LogP contribution in [0.5, 0.6) is 0 Å². The Bertz CT molecular complexity index is 295. The molecule has 2 N–H and O–H groups in total. The second-order valence-electron chi connectivity index (χ2n) is 6.52. The van der Waals surface area contributed by atoms with E-state index in [9.17, 15) is 4.79 Å². The van der Waals surface area contributed by atoms with Crippen LogP contribution in [-0.4, -0.2) is 48.7 Å². The second-order valence-corrected chi connectivity index (χ2v) is 6.52. The highest BCUT2D eigenvalue weighted by atomic mass is 16.2. The lowest BCUT2D eigenvalue weighted by Gasteiger charge is -2.20. The summed E-state index contributed by atoms with van der Waals surface area (Å²) in [5, 5.41) is 11.8. The maximum atomic E-state index is 11.7. The van der Waals surface area contributed by atoms with Crippen molar-refractivity contribution in [3.05, 3.63) is 12.7 Å². The van der Waals surface area contributed by atoms with Gasteiger partial charge in [-0.05, 0) is 45.2 Å². The molecule has 0 aliphatic heterocycles. The van der Waals surface area contributed by atoms with Crippen molar-refractivity contribution in [2.75, 3.05) is 32.8 Å². The SMILES string of the molecule is C=CCCCCC(=O)NCCN(CC)CCCCCCCCCO. The van der Waals surface area contributed by atoms with Crippen LogP contribution >= 0.6 is 0 Å². The van der Waals surface area contributed by atoms with E-state index in [4.69, 9.17) is 5.11 Å². The van der Waals surface area contributed by atoms with Crippen LogP contribution in [-0.2, 0) is 4.79 Å². The molecule has 0 spiro atoms. The first-order valence-electron chi connectivity index (χ1n) is 9.95. The summed E-state index contributed by atoms with van der Waals surface area (Å²) in [5.74, 6) is 0.179. The standard InChI is InChI=1S/C20H40N2O2/c1-3-5-6-12-15-20(24)21-16-18-22(4-2)17-13-10-8-7-9-11-14-19-23/h3,23H,1,4-19H2,2H3,(H,21,24). The Morgan fingerprint density at radius 1 is 1.00 bits per heavy atom. The molecular weight excluding hydrogens is 300 g/mol. The van der Waals surface area contributed by atoms with Crippen LogP contribution in [0.1, 0.15) is 77.6 Å². The van der Waals surface area contributed by atoms with E-state index < -0.39 is 0 Å². The minimum Gasteiger partial charge on any atom is -0.396 e. The van der Waals surface area contributed by atoms with Gasteiger partial charge in [0.15, 0.2) is 0 Å². The van der Waals surface area contributed by atoms with Crippen LogP contribution in [0.15, 0.2) is 12.7 Å². The van der Waals surface area contributed by atoms with Gasteiger partial charge in [-0.2, -0.15) is 0 Å². The van der Waals surface area contributed by atoms with Crippen LogP contribution in [0, 0.1) is 0 Å². The van der Waals surface area contributed by atoms with Crippen LogP contribution in [0.3, 0.4) is 0 Å². The fourth-order valence-electron chi connectivity index (χ4n) is 2.78. The Hall–Kier alpha value is -0.870. The number of aliphatic hydroxyl groups excluding tert-OH is 1. The van der Waals surface area contributed by atoms with E-state index in [0.29, 0.717) is 13.0 Å². The van der Waals surface area contributed by atoms with Crippen molar-refractivity contribution in [1.82, 2.24) is 10.2 Å². The molecule has 0 aromatic heterocycles. The smallest absolute Gasteiger partial charge is 0.220 e. The highest BCUT2D eigenvalue weighted by molar-refractivity contribution is 5.75. The van der Waals surface area contributed by atoms with Gasteiger partial charge in [-0.25, -0.2) is 0 Å². The van der Waals surface area contributed by atoms with E-state index in [2.05, 4.69) is 23.7 Å². The molecule has 0 fully saturated rings. The number of allylic oxidation sites excluding steroid dienone is 1. The third kappa shape index (κ3) is 16.0. The van der Waals surface area contributed by atoms with Crippen molar-refractivity contribution in [3.8, 4) is 0 Å². The molecule has 24 heavy (non-hydrogen) atoms. The topological polar surface area (TPSA) is 52.6 Å². The average Bonchev–Trinajstić information content (AvgIpc) is 2.59. The number of carbonyl (C=O) groups is 1. The monoisotopic (exact) mass is 340 g/mol. The van der Waals surface area contributed by atoms with Crippen molar-refractivity contribution in [2.45, 2.75) is 77.6 Å². The quantitative estimate of drug-likeness (QED) is 0.294. The van der Waals surface area contributed by atoms with Gasteiger partial charge >= 0.3 is 0 Å². The Morgan fingerprint density at radius 3 is 2.29 bits per heavy atom. The van der Waals surface area contributed by atoms with E-state index in [1.165, 1.54) is 32.1 Å². The molecule has 0 saturated heterocycles. The highest BCUT2D eigenvalue weighted by Crippen LogP contribution is 2.07. The van der Waals surface area contributed by atoms with Gasteiger partial charge in [-0.1, -0.05) is 45.1 Å². The number of hydrogen-bond donors (Lipinski definition) is 2. The molecule has 0 unspecified atom stereocenters. The molecule has 0 radical (unpaired) electrons. The lowest BCUT2D eigenvalue weighted by atomic mass is 10.1. The normalized spacial score (nSPS) is 11.0. The van der Waals surface area contributed by atoms with Gasteiger partial charge in [0.2, 0.25) is 5.91 Å². The first-order valence-corrected chi connectivity index (χ1v) is 9.95. The molecule has 0 aliphatic carbocycles. The van der Waals surface area contributed by atoms with Gasteiger partial charge in [0.1, 0.15) is 0 Å². The number of rotatable bonds is 18. The Kier molecular flexibility index (Phi) is 17.8. The third-order valence-electron chi connectivity index (χ3n) is 4.39. The highest BCUT2D eigenvalue weighted by Gasteiger charge is 2.04. The zero-order valence-electron chi connectivity index (χ0n) is 15.9. The molecule has 0 aliphatic rings. The average molecular weight is 341 g/mol. The molecule has 0 aromatic rings. The fourth-order valence-corrected chi connectivity index (χ4v) is 2.78. The van der Waals surface area contributed by atoms with Gasteiger partial charge < -0.3 is 15.3 Å². The predicted octanol–water partition coefficient (Wildman–Crippen LogP) is 3.89. The Morgan fingerprint density at radius 2 is 1.67 bits per heavy atom. The molecule has 4 nitrogen and oxygen atoms in total.